The molecule has 1 aliphatic rings. The highest BCUT2D eigenvalue weighted by Gasteiger charge is 2.34. The second-order valence-corrected chi connectivity index (χ2v) is 7.51. The number of amides is 2. The Morgan fingerprint density at radius 1 is 1.30 bits per heavy atom. The molecule has 6 nitrogen and oxygen atoms in total. The topological polar surface area (TPSA) is 65.1 Å². The monoisotopic (exact) mass is 413 g/mol. The van der Waals surface area contributed by atoms with E-state index in [-0.39, 0.29) is 17.3 Å². The molecule has 1 fully saturated rings. The van der Waals surface area contributed by atoms with E-state index in [1.165, 1.54) is 4.90 Å². The lowest BCUT2D eigenvalue weighted by molar-refractivity contribution is -0.122. The maximum atomic E-state index is 12.5. The first-order chi connectivity index (χ1) is 12.9. The van der Waals surface area contributed by atoms with Crippen LogP contribution in [0, 0.1) is 0 Å². The minimum Gasteiger partial charge on any atom is -0.490 e. The van der Waals surface area contributed by atoms with Crippen LogP contribution in [0.1, 0.15) is 32.8 Å². The van der Waals surface area contributed by atoms with Crippen LogP contribution in [0.15, 0.2) is 17.0 Å². The van der Waals surface area contributed by atoms with Gasteiger partial charge in [0.2, 0.25) is 0 Å². The number of carbonyl (C=O) groups excluding carboxylic acids is 2. The molecule has 0 atom stereocenters. The molecule has 1 saturated heterocycles. The van der Waals surface area contributed by atoms with Crippen molar-refractivity contribution in [2.75, 3.05) is 26.9 Å². The fraction of sp³-hybridized carbons (Fsp3) is 0.474. The van der Waals surface area contributed by atoms with Gasteiger partial charge in [0.15, 0.2) is 11.5 Å². The molecule has 0 saturated carbocycles. The molecule has 0 aromatic heterocycles. The minimum atomic E-state index is -0.308. The number of rotatable bonds is 9. The van der Waals surface area contributed by atoms with Crippen LogP contribution in [0.2, 0.25) is 5.02 Å². The zero-order valence-corrected chi connectivity index (χ0v) is 17.5. The lowest BCUT2D eigenvalue weighted by atomic mass is 10.1. The van der Waals surface area contributed by atoms with Gasteiger partial charge in [-0.1, -0.05) is 11.6 Å². The number of hydrogen-bond acceptors (Lipinski definition) is 6. The molecular weight excluding hydrogens is 390 g/mol. The van der Waals surface area contributed by atoms with Crippen LogP contribution in [-0.4, -0.2) is 49.0 Å². The molecule has 27 heavy (non-hydrogen) atoms. The van der Waals surface area contributed by atoms with Gasteiger partial charge in [-0.3, -0.25) is 14.5 Å². The number of methoxy groups -OCH3 is 1. The van der Waals surface area contributed by atoms with E-state index in [0.717, 1.165) is 11.8 Å². The van der Waals surface area contributed by atoms with Gasteiger partial charge in [0, 0.05) is 20.3 Å². The van der Waals surface area contributed by atoms with E-state index in [1.54, 1.807) is 25.3 Å². The van der Waals surface area contributed by atoms with Crippen molar-refractivity contribution in [1.82, 2.24) is 4.90 Å². The molecule has 0 unspecified atom stereocenters. The van der Waals surface area contributed by atoms with Crippen LogP contribution >= 0.6 is 23.4 Å². The fourth-order valence-corrected chi connectivity index (χ4v) is 3.62. The number of hydrogen-bond donors (Lipinski definition) is 0. The third kappa shape index (κ3) is 5.64. The lowest BCUT2D eigenvalue weighted by Crippen LogP contribution is -2.29. The predicted octanol–water partition coefficient (Wildman–Crippen LogP) is 4.60. The third-order valence-corrected chi connectivity index (χ3v) is 4.77. The summed E-state index contributed by atoms with van der Waals surface area (Å²) in [5.74, 6) is 0.667. The highest BCUT2D eigenvalue weighted by atomic mass is 35.5. The number of ether oxygens (including phenoxy) is 3. The maximum absolute atomic E-state index is 12.5. The Kier molecular flexibility index (Phi) is 8.01. The largest absolute Gasteiger partial charge is 0.490 e. The van der Waals surface area contributed by atoms with Crippen molar-refractivity contribution in [1.29, 1.82) is 0 Å². The van der Waals surface area contributed by atoms with E-state index in [0.29, 0.717) is 53.2 Å². The summed E-state index contributed by atoms with van der Waals surface area (Å²) >= 11 is 7.28. The van der Waals surface area contributed by atoms with Gasteiger partial charge in [-0.15, -0.1) is 0 Å². The average molecular weight is 414 g/mol. The standard InChI is InChI=1S/C19H24ClNO5S/c1-5-25-15-10-13(9-14(20)17(15)26-12(2)3)11-16-18(22)21(19(23)27-16)7-6-8-24-4/h9-12H,5-8H2,1-4H3/b16-11+. The zero-order chi connectivity index (χ0) is 20.0. The second-order valence-electron chi connectivity index (χ2n) is 6.11. The first kappa shape index (κ1) is 21.6. The van der Waals surface area contributed by atoms with Gasteiger partial charge in [-0.05, 0) is 62.7 Å². The lowest BCUT2D eigenvalue weighted by Gasteiger charge is -2.16. The quantitative estimate of drug-likeness (QED) is 0.435. The number of carbonyl (C=O) groups is 2. The summed E-state index contributed by atoms with van der Waals surface area (Å²) in [5.41, 5.74) is 0.668. The van der Waals surface area contributed by atoms with E-state index in [2.05, 4.69) is 0 Å². The van der Waals surface area contributed by atoms with Crippen molar-refractivity contribution >= 4 is 40.6 Å². The minimum absolute atomic E-state index is 0.0591. The molecule has 148 valence electrons. The summed E-state index contributed by atoms with van der Waals surface area (Å²) in [6, 6.07) is 3.45. The van der Waals surface area contributed by atoms with Gasteiger partial charge in [-0.2, -0.15) is 0 Å². The molecule has 1 aromatic carbocycles. The van der Waals surface area contributed by atoms with Crippen LogP contribution < -0.4 is 9.47 Å². The summed E-state index contributed by atoms with van der Waals surface area (Å²) in [7, 11) is 1.58. The Labute approximate surface area is 168 Å². The number of thioether (sulfide) groups is 1. The first-order valence-electron chi connectivity index (χ1n) is 8.74. The fourth-order valence-electron chi connectivity index (χ4n) is 2.50. The van der Waals surface area contributed by atoms with Crippen molar-refractivity contribution in [3.05, 3.63) is 27.6 Å². The SMILES string of the molecule is CCOc1cc(/C=C2/SC(=O)N(CCCOC)C2=O)cc(Cl)c1OC(C)C. The van der Waals surface area contributed by atoms with E-state index in [9.17, 15) is 9.59 Å². The van der Waals surface area contributed by atoms with Crippen molar-refractivity contribution in [2.24, 2.45) is 0 Å². The second kappa shape index (κ2) is 10.0. The van der Waals surface area contributed by atoms with Crippen molar-refractivity contribution < 1.29 is 23.8 Å². The van der Waals surface area contributed by atoms with Gasteiger partial charge in [0.1, 0.15) is 0 Å². The molecule has 0 bridgehead atoms. The summed E-state index contributed by atoms with van der Waals surface area (Å²) in [6.07, 6.45) is 2.19. The zero-order valence-electron chi connectivity index (χ0n) is 15.9. The van der Waals surface area contributed by atoms with Gasteiger partial charge in [0.05, 0.1) is 22.6 Å². The normalized spacial score (nSPS) is 15.9. The summed E-state index contributed by atoms with van der Waals surface area (Å²) in [5, 5.41) is 0.110. The van der Waals surface area contributed by atoms with Crippen LogP contribution in [0.4, 0.5) is 4.79 Å². The van der Waals surface area contributed by atoms with Crippen LogP contribution in [0.3, 0.4) is 0 Å². The molecule has 1 aromatic rings. The Bertz CT molecular complexity index is 735. The summed E-state index contributed by atoms with van der Waals surface area (Å²) in [4.78, 5) is 26.2. The molecular formula is C19H24ClNO5S. The van der Waals surface area contributed by atoms with E-state index in [1.807, 2.05) is 20.8 Å². The Morgan fingerprint density at radius 3 is 2.67 bits per heavy atom. The molecule has 0 radical (unpaired) electrons. The first-order valence-corrected chi connectivity index (χ1v) is 9.94. The summed E-state index contributed by atoms with van der Waals surface area (Å²) in [6.45, 7) is 6.95. The Hall–Kier alpha value is -1.70. The molecule has 0 aliphatic carbocycles. The number of benzene rings is 1. The van der Waals surface area contributed by atoms with Crippen molar-refractivity contribution in [3.63, 3.8) is 0 Å². The molecule has 0 N–H and O–H groups in total. The molecule has 0 spiro atoms. The van der Waals surface area contributed by atoms with Crippen molar-refractivity contribution in [2.45, 2.75) is 33.3 Å². The number of halogens is 1. The highest BCUT2D eigenvalue weighted by molar-refractivity contribution is 8.18. The molecule has 2 amide bonds. The smallest absolute Gasteiger partial charge is 0.293 e. The van der Waals surface area contributed by atoms with Crippen LogP contribution in [-0.2, 0) is 9.53 Å². The van der Waals surface area contributed by atoms with Crippen LogP contribution in [0.25, 0.3) is 6.08 Å². The van der Waals surface area contributed by atoms with Gasteiger partial charge in [0.25, 0.3) is 11.1 Å². The van der Waals surface area contributed by atoms with E-state index < -0.39 is 0 Å². The number of nitrogens with zero attached hydrogens (tertiary/aromatic N) is 1. The molecule has 8 heteroatoms. The Morgan fingerprint density at radius 2 is 2.04 bits per heavy atom. The van der Waals surface area contributed by atoms with E-state index >= 15 is 0 Å². The highest BCUT2D eigenvalue weighted by Crippen LogP contribution is 2.39. The van der Waals surface area contributed by atoms with Gasteiger partial charge in [-0.25, -0.2) is 0 Å². The van der Waals surface area contributed by atoms with Gasteiger partial charge < -0.3 is 14.2 Å². The Balaban J connectivity index is 2.27. The number of imide groups is 1. The average Bonchev–Trinajstić information content (AvgIpc) is 2.85. The van der Waals surface area contributed by atoms with E-state index in [4.69, 9.17) is 25.8 Å². The molecule has 1 aliphatic heterocycles. The van der Waals surface area contributed by atoms with Gasteiger partial charge >= 0.3 is 0 Å². The van der Waals surface area contributed by atoms with Crippen molar-refractivity contribution in [3.8, 4) is 11.5 Å². The van der Waals surface area contributed by atoms with Crippen LogP contribution in [0.5, 0.6) is 11.5 Å². The summed E-state index contributed by atoms with van der Waals surface area (Å²) < 4.78 is 16.3. The maximum Gasteiger partial charge on any atom is 0.293 e. The molecule has 1 heterocycles. The predicted molar refractivity (Wildman–Crippen MR) is 108 cm³/mol. The third-order valence-electron chi connectivity index (χ3n) is 3.59. The molecule has 2 rings (SSSR count).